The molecule has 2 atom stereocenters. The van der Waals surface area contributed by atoms with Gasteiger partial charge in [-0.3, -0.25) is 4.79 Å². The van der Waals surface area contributed by atoms with Crippen LogP contribution in [0, 0.1) is 5.92 Å². The second-order valence-electron chi connectivity index (χ2n) is 5.17. The van der Waals surface area contributed by atoms with Gasteiger partial charge in [0.25, 0.3) is 0 Å². The minimum absolute atomic E-state index is 0.0733. The van der Waals surface area contributed by atoms with Crippen LogP contribution in [0.15, 0.2) is 49.1 Å². The summed E-state index contributed by atoms with van der Waals surface area (Å²) in [6.45, 7) is 5.49. The Bertz CT molecular complexity index is 597. The number of methoxy groups -OCH3 is 1. The number of carbonyl (C=O) groups excluding carboxylic acids is 1. The molecule has 130 valence electrons. The lowest BCUT2D eigenvalue weighted by molar-refractivity contribution is -0.136. The first kappa shape index (κ1) is 19.3. The summed E-state index contributed by atoms with van der Waals surface area (Å²) < 4.78 is 10.2. The monoisotopic (exact) mass is 333 g/mol. The smallest absolute Gasteiger partial charge is 0.407 e. The van der Waals surface area contributed by atoms with Gasteiger partial charge in [-0.2, -0.15) is 0 Å². The minimum Gasteiger partial charge on any atom is -0.497 e. The van der Waals surface area contributed by atoms with E-state index in [0.29, 0.717) is 5.75 Å². The molecule has 0 aliphatic rings. The van der Waals surface area contributed by atoms with Crippen molar-refractivity contribution in [2.24, 2.45) is 5.92 Å². The highest BCUT2D eigenvalue weighted by molar-refractivity contribution is 5.69. The van der Waals surface area contributed by atoms with Gasteiger partial charge in [-0.1, -0.05) is 43.9 Å². The molecule has 6 heteroatoms. The second-order valence-corrected chi connectivity index (χ2v) is 5.17. The van der Waals surface area contributed by atoms with Crippen molar-refractivity contribution in [2.45, 2.75) is 19.4 Å². The summed E-state index contributed by atoms with van der Waals surface area (Å²) in [4.78, 5) is 22.5. The zero-order chi connectivity index (χ0) is 17.9. The predicted octanol–water partition coefficient (Wildman–Crippen LogP) is 3.32. The third-order valence-electron chi connectivity index (χ3n) is 3.32. The van der Waals surface area contributed by atoms with Crippen LogP contribution in [0.3, 0.4) is 0 Å². The molecular formula is C18H23NO5. The molecule has 0 fully saturated rings. The average Bonchev–Trinajstić information content (AvgIpc) is 2.57. The molecule has 0 aliphatic heterocycles. The average molecular weight is 333 g/mol. The summed E-state index contributed by atoms with van der Waals surface area (Å²) in [7, 11) is 1.57. The molecular weight excluding hydrogens is 310 g/mol. The maximum Gasteiger partial charge on any atom is 0.407 e. The molecule has 0 radical (unpaired) electrons. The number of carbonyl (C=O) groups is 2. The molecule has 1 rings (SSSR count). The van der Waals surface area contributed by atoms with Crippen LogP contribution in [0.4, 0.5) is 4.79 Å². The van der Waals surface area contributed by atoms with Crippen molar-refractivity contribution in [1.29, 1.82) is 0 Å². The summed E-state index contributed by atoms with van der Waals surface area (Å²) >= 11 is 0. The van der Waals surface area contributed by atoms with Crippen LogP contribution in [0.25, 0.3) is 0 Å². The molecule has 0 saturated carbocycles. The fourth-order valence-electron chi connectivity index (χ4n) is 2.15. The van der Waals surface area contributed by atoms with Crippen molar-refractivity contribution in [3.05, 3.63) is 54.6 Å². The summed E-state index contributed by atoms with van der Waals surface area (Å²) in [6, 6.07) is 6.93. The van der Waals surface area contributed by atoms with Crippen LogP contribution in [-0.4, -0.2) is 30.9 Å². The van der Waals surface area contributed by atoms with Gasteiger partial charge in [-0.15, -0.1) is 0 Å². The van der Waals surface area contributed by atoms with E-state index in [-0.39, 0.29) is 25.0 Å². The number of nitrogens with one attached hydrogen (secondary N) is 1. The van der Waals surface area contributed by atoms with Crippen molar-refractivity contribution in [3.8, 4) is 5.75 Å². The van der Waals surface area contributed by atoms with Gasteiger partial charge < -0.3 is 19.9 Å². The van der Waals surface area contributed by atoms with E-state index in [1.165, 1.54) is 6.08 Å². The van der Waals surface area contributed by atoms with Crippen molar-refractivity contribution in [2.75, 3.05) is 13.7 Å². The Balaban J connectivity index is 2.96. The molecule has 24 heavy (non-hydrogen) atoms. The normalized spacial score (nSPS) is 13.1. The first-order chi connectivity index (χ1) is 11.5. The molecule has 0 aliphatic carbocycles. The molecule has 0 unspecified atom stereocenters. The van der Waals surface area contributed by atoms with Gasteiger partial charge in [0.15, 0.2) is 0 Å². The van der Waals surface area contributed by atoms with Crippen LogP contribution >= 0.6 is 0 Å². The van der Waals surface area contributed by atoms with Crippen LogP contribution in [0.1, 0.15) is 24.9 Å². The number of alkyl carbamates (subject to hydrolysis) is 1. The van der Waals surface area contributed by atoms with Crippen molar-refractivity contribution >= 4 is 12.1 Å². The number of hydrogen-bond acceptors (Lipinski definition) is 4. The number of carboxylic acids is 1. The Hall–Kier alpha value is -2.76. The summed E-state index contributed by atoms with van der Waals surface area (Å²) in [5, 5.41) is 11.5. The Labute approximate surface area is 141 Å². The number of aliphatic carboxylic acids is 1. The van der Waals surface area contributed by atoms with Gasteiger partial charge >= 0.3 is 12.1 Å². The van der Waals surface area contributed by atoms with E-state index in [9.17, 15) is 9.59 Å². The van der Waals surface area contributed by atoms with Gasteiger partial charge in [-0.05, 0) is 23.6 Å². The largest absolute Gasteiger partial charge is 0.497 e. The van der Waals surface area contributed by atoms with Crippen molar-refractivity contribution in [1.82, 2.24) is 5.32 Å². The molecule has 0 bridgehead atoms. The van der Waals surface area contributed by atoms with Gasteiger partial charge in [0.1, 0.15) is 12.4 Å². The highest BCUT2D eigenvalue weighted by Crippen LogP contribution is 2.26. The topological polar surface area (TPSA) is 84.9 Å². The maximum absolute atomic E-state index is 11.9. The van der Waals surface area contributed by atoms with Gasteiger partial charge in [0.2, 0.25) is 0 Å². The molecule has 0 aromatic heterocycles. The number of rotatable bonds is 9. The fraction of sp³-hybridized carbons (Fsp3) is 0.333. The lowest BCUT2D eigenvalue weighted by atomic mass is 9.93. The molecule has 1 aromatic carbocycles. The van der Waals surface area contributed by atoms with Crippen LogP contribution in [0.2, 0.25) is 0 Å². The molecule has 0 saturated heterocycles. The molecule has 2 N–H and O–H groups in total. The molecule has 1 aromatic rings. The van der Waals surface area contributed by atoms with E-state index in [2.05, 4.69) is 11.9 Å². The second kappa shape index (κ2) is 10.1. The lowest BCUT2D eigenvalue weighted by Crippen LogP contribution is -2.32. The van der Waals surface area contributed by atoms with Crippen LogP contribution < -0.4 is 10.1 Å². The summed E-state index contributed by atoms with van der Waals surface area (Å²) in [5.74, 6) is -0.386. The zero-order valence-corrected chi connectivity index (χ0v) is 13.9. The number of hydrogen-bond donors (Lipinski definition) is 2. The van der Waals surface area contributed by atoms with Gasteiger partial charge in [-0.25, -0.2) is 4.79 Å². The minimum atomic E-state index is -0.908. The molecule has 0 heterocycles. The number of amides is 1. The van der Waals surface area contributed by atoms with Crippen LogP contribution in [0.5, 0.6) is 5.75 Å². The Morgan fingerprint density at radius 1 is 1.42 bits per heavy atom. The summed E-state index contributed by atoms with van der Waals surface area (Å²) in [5.41, 5.74) is 0.831. The number of carboxylic acid groups (broad SMARTS) is 1. The SMILES string of the molecule is C=CCOC(=O)N[C@@H](c1cccc(OC)c1)[C@@H](C)/C=C/CC(=O)O. The standard InChI is InChI=1S/C18H23NO5/c1-4-11-24-18(22)19-17(13(2)7-5-10-16(20)21)14-8-6-9-15(12-14)23-3/h4-9,12-13,17H,1,10-11H2,2-3H3,(H,19,22)(H,20,21)/b7-5+/t13-,17+/m0/s1. The summed E-state index contributed by atoms with van der Waals surface area (Å²) in [6.07, 6.45) is 4.16. The van der Waals surface area contributed by atoms with Gasteiger partial charge in [0, 0.05) is 0 Å². The van der Waals surface area contributed by atoms with E-state index in [1.807, 2.05) is 31.2 Å². The van der Waals surface area contributed by atoms with E-state index in [0.717, 1.165) is 5.56 Å². The fourth-order valence-corrected chi connectivity index (χ4v) is 2.15. The van der Waals surface area contributed by atoms with E-state index >= 15 is 0 Å². The third-order valence-corrected chi connectivity index (χ3v) is 3.32. The molecule has 0 spiro atoms. The maximum atomic E-state index is 11.9. The predicted molar refractivity (Wildman–Crippen MR) is 91.0 cm³/mol. The number of ether oxygens (including phenoxy) is 2. The van der Waals surface area contributed by atoms with Gasteiger partial charge in [0.05, 0.1) is 19.6 Å². The first-order valence-corrected chi connectivity index (χ1v) is 7.54. The highest BCUT2D eigenvalue weighted by atomic mass is 16.5. The Morgan fingerprint density at radius 3 is 2.79 bits per heavy atom. The third kappa shape index (κ3) is 6.56. The van der Waals surface area contributed by atoms with Crippen molar-refractivity contribution < 1.29 is 24.2 Å². The highest BCUT2D eigenvalue weighted by Gasteiger charge is 2.21. The quantitative estimate of drug-likeness (QED) is 0.677. The molecule has 1 amide bonds. The van der Waals surface area contributed by atoms with E-state index < -0.39 is 12.1 Å². The van der Waals surface area contributed by atoms with E-state index in [1.54, 1.807) is 19.3 Å². The Kier molecular flexibility index (Phi) is 8.11. The number of benzene rings is 1. The molecule has 6 nitrogen and oxygen atoms in total. The lowest BCUT2D eigenvalue weighted by Gasteiger charge is -2.23. The van der Waals surface area contributed by atoms with Crippen molar-refractivity contribution in [3.63, 3.8) is 0 Å². The Morgan fingerprint density at radius 2 is 2.17 bits per heavy atom. The zero-order valence-electron chi connectivity index (χ0n) is 13.9. The first-order valence-electron chi connectivity index (χ1n) is 7.54. The van der Waals surface area contributed by atoms with Crippen LogP contribution in [-0.2, 0) is 9.53 Å². The van der Waals surface area contributed by atoms with E-state index in [4.69, 9.17) is 14.6 Å².